The van der Waals surface area contributed by atoms with Gasteiger partial charge in [-0.05, 0) is 48.6 Å². The van der Waals surface area contributed by atoms with E-state index in [0.29, 0.717) is 51.5 Å². The number of primary amides is 1. The minimum atomic E-state index is -0.665. The molecule has 0 saturated carbocycles. The monoisotopic (exact) mass is 494 g/mol. The lowest BCUT2D eigenvalue weighted by Gasteiger charge is -2.28. The molecule has 7 nitrogen and oxygen atoms in total. The fraction of sp³-hybridized carbons (Fsp3) is 0.308. The largest absolute Gasteiger partial charge is 0.366 e. The molecule has 4 rings (SSSR count). The SMILES string of the molecule is CNC(=O)c1ccc(-c2c(C(N)=O)c(CC(C)C)nc3c2C(=O)NC(Cc2ccc(F)cc2)C3)s1. The average Bonchev–Trinajstić information content (AvgIpc) is 3.28. The van der Waals surface area contributed by atoms with Crippen molar-refractivity contribution in [2.75, 3.05) is 7.05 Å². The number of rotatable bonds is 7. The predicted octanol–water partition coefficient (Wildman–Crippen LogP) is 3.50. The van der Waals surface area contributed by atoms with Gasteiger partial charge in [-0.3, -0.25) is 19.4 Å². The Hall–Kier alpha value is -3.59. The van der Waals surface area contributed by atoms with Crippen LogP contribution in [0.5, 0.6) is 0 Å². The zero-order valence-corrected chi connectivity index (χ0v) is 20.6. The van der Waals surface area contributed by atoms with Crippen molar-refractivity contribution in [1.82, 2.24) is 15.6 Å². The number of nitrogens with zero attached hydrogens (tertiary/aromatic N) is 1. The zero-order chi connectivity index (χ0) is 25.3. The molecule has 9 heteroatoms. The van der Waals surface area contributed by atoms with Crippen molar-refractivity contribution in [3.8, 4) is 10.4 Å². The Kier molecular flexibility index (Phi) is 6.98. The van der Waals surface area contributed by atoms with Gasteiger partial charge in [0.25, 0.3) is 17.7 Å². The van der Waals surface area contributed by atoms with E-state index in [9.17, 15) is 18.8 Å². The van der Waals surface area contributed by atoms with Crippen molar-refractivity contribution < 1.29 is 18.8 Å². The maximum absolute atomic E-state index is 13.4. The second-order valence-corrected chi connectivity index (χ2v) is 10.1. The van der Waals surface area contributed by atoms with Crippen LogP contribution in [-0.4, -0.2) is 35.8 Å². The molecule has 35 heavy (non-hydrogen) atoms. The first-order valence-electron chi connectivity index (χ1n) is 11.4. The first-order chi connectivity index (χ1) is 16.7. The smallest absolute Gasteiger partial charge is 0.261 e. The normalized spacial score (nSPS) is 15.0. The molecule has 1 aliphatic rings. The van der Waals surface area contributed by atoms with Gasteiger partial charge in [-0.2, -0.15) is 0 Å². The Bertz CT molecular complexity index is 1300. The number of halogens is 1. The van der Waals surface area contributed by atoms with Gasteiger partial charge in [-0.1, -0.05) is 26.0 Å². The highest BCUT2D eigenvalue weighted by molar-refractivity contribution is 7.17. The molecule has 0 spiro atoms. The van der Waals surface area contributed by atoms with Gasteiger partial charge in [0.05, 0.1) is 27.4 Å². The van der Waals surface area contributed by atoms with Crippen LogP contribution in [0.15, 0.2) is 36.4 Å². The summed E-state index contributed by atoms with van der Waals surface area (Å²) in [6.45, 7) is 4.04. The van der Waals surface area contributed by atoms with Crippen LogP contribution in [0.25, 0.3) is 10.4 Å². The van der Waals surface area contributed by atoms with E-state index in [1.165, 1.54) is 23.5 Å². The van der Waals surface area contributed by atoms with Gasteiger partial charge >= 0.3 is 0 Å². The third kappa shape index (κ3) is 5.09. The van der Waals surface area contributed by atoms with Crippen LogP contribution in [-0.2, 0) is 19.3 Å². The molecule has 1 atom stereocenters. The Morgan fingerprint density at radius 3 is 2.54 bits per heavy atom. The van der Waals surface area contributed by atoms with E-state index < -0.39 is 5.91 Å². The first-order valence-corrected chi connectivity index (χ1v) is 12.2. The van der Waals surface area contributed by atoms with E-state index in [-0.39, 0.29) is 35.2 Å². The van der Waals surface area contributed by atoms with Gasteiger partial charge in [0, 0.05) is 30.0 Å². The highest BCUT2D eigenvalue weighted by Gasteiger charge is 2.34. The molecule has 0 fully saturated rings. The van der Waals surface area contributed by atoms with Crippen LogP contribution in [0.2, 0.25) is 0 Å². The van der Waals surface area contributed by atoms with Crippen molar-refractivity contribution in [3.05, 3.63) is 75.2 Å². The van der Waals surface area contributed by atoms with Crippen molar-refractivity contribution >= 4 is 29.1 Å². The van der Waals surface area contributed by atoms with E-state index in [4.69, 9.17) is 10.7 Å². The van der Waals surface area contributed by atoms with Gasteiger partial charge in [0.15, 0.2) is 0 Å². The molecule has 3 aromatic rings. The van der Waals surface area contributed by atoms with Crippen LogP contribution < -0.4 is 16.4 Å². The van der Waals surface area contributed by atoms with Crippen LogP contribution in [0, 0.1) is 11.7 Å². The molecule has 2 aromatic heterocycles. The molecule has 3 amide bonds. The first kappa shape index (κ1) is 24.5. The molecule has 0 radical (unpaired) electrons. The van der Waals surface area contributed by atoms with Crippen molar-refractivity contribution in [2.45, 2.75) is 39.2 Å². The number of hydrogen-bond acceptors (Lipinski definition) is 5. The second-order valence-electron chi connectivity index (χ2n) is 9.04. The van der Waals surface area contributed by atoms with Crippen LogP contribution in [0.1, 0.15) is 61.2 Å². The maximum atomic E-state index is 13.4. The number of hydrogen-bond donors (Lipinski definition) is 3. The molecule has 0 saturated heterocycles. The number of benzene rings is 1. The molecule has 1 unspecified atom stereocenters. The highest BCUT2D eigenvalue weighted by atomic mass is 32.1. The molecule has 1 aliphatic heterocycles. The van der Waals surface area contributed by atoms with Gasteiger partial charge in [0.1, 0.15) is 5.82 Å². The Morgan fingerprint density at radius 1 is 1.20 bits per heavy atom. The highest BCUT2D eigenvalue weighted by Crippen LogP contribution is 2.38. The number of carbonyl (C=O) groups excluding carboxylic acids is 3. The summed E-state index contributed by atoms with van der Waals surface area (Å²) in [5, 5.41) is 5.60. The maximum Gasteiger partial charge on any atom is 0.261 e. The third-order valence-corrected chi connectivity index (χ3v) is 7.00. The number of nitrogens with one attached hydrogen (secondary N) is 2. The van der Waals surface area contributed by atoms with E-state index in [0.717, 1.165) is 5.56 Å². The molecule has 4 N–H and O–H groups in total. The summed E-state index contributed by atoms with van der Waals surface area (Å²) in [5.74, 6) is -1.39. The predicted molar refractivity (Wildman–Crippen MR) is 133 cm³/mol. The summed E-state index contributed by atoms with van der Waals surface area (Å²) >= 11 is 1.19. The lowest BCUT2D eigenvalue weighted by atomic mass is 9.87. The molecule has 1 aromatic carbocycles. The van der Waals surface area contributed by atoms with Crippen molar-refractivity contribution in [1.29, 1.82) is 0 Å². The van der Waals surface area contributed by atoms with Crippen LogP contribution >= 0.6 is 11.3 Å². The van der Waals surface area contributed by atoms with Gasteiger partial charge < -0.3 is 16.4 Å². The lowest BCUT2D eigenvalue weighted by molar-refractivity contribution is 0.0923. The number of thiophene rings is 1. The number of carbonyl (C=O) groups is 3. The third-order valence-electron chi connectivity index (χ3n) is 5.90. The molecular formula is C26H27FN4O3S. The standard InChI is InChI=1S/C26H27FN4O3S/c1-13(2)10-17-21(24(28)32)23(19-8-9-20(35-19)25(33)29-3)22-18(31-17)12-16(30-26(22)34)11-14-4-6-15(27)7-5-14/h4-9,13,16H,10-12H2,1-3H3,(H2,28,32)(H,29,33)(H,30,34). The zero-order valence-electron chi connectivity index (χ0n) is 19.8. The van der Waals surface area contributed by atoms with Crippen LogP contribution in [0.4, 0.5) is 4.39 Å². The summed E-state index contributed by atoms with van der Waals surface area (Å²) in [4.78, 5) is 44.1. The molecule has 3 heterocycles. The number of amides is 3. The van der Waals surface area contributed by atoms with Crippen molar-refractivity contribution in [2.24, 2.45) is 11.7 Å². The summed E-state index contributed by atoms with van der Waals surface area (Å²) in [6.07, 6.45) is 1.47. The number of aromatic nitrogens is 1. The average molecular weight is 495 g/mol. The van der Waals surface area contributed by atoms with E-state index >= 15 is 0 Å². The molecule has 0 bridgehead atoms. The van der Waals surface area contributed by atoms with Gasteiger partial charge in [-0.15, -0.1) is 11.3 Å². The fourth-order valence-electron chi connectivity index (χ4n) is 4.41. The summed E-state index contributed by atoms with van der Waals surface area (Å²) < 4.78 is 13.3. The summed E-state index contributed by atoms with van der Waals surface area (Å²) in [5.41, 5.74) is 8.81. The Balaban J connectivity index is 1.85. The second kappa shape index (κ2) is 9.95. The molecular weight excluding hydrogens is 467 g/mol. The van der Waals surface area contributed by atoms with E-state index in [1.54, 1.807) is 31.3 Å². The number of nitrogens with two attached hydrogens (primary N) is 1. The molecule has 182 valence electrons. The fourth-order valence-corrected chi connectivity index (χ4v) is 5.42. The summed E-state index contributed by atoms with van der Waals surface area (Å²) in [7, 11) is 1.54. The topological polar surface area (TPSA) is 114 Å². The quantitative estimate of drug-likeness (QED) is 0.466. The number of pyridine rings is 1. The van der Waals surface area contributed by atoms with Gasteiger partial charge in [-0.25, -0.2) is 4.39 Å². The van der Waals surface area contributed by atoms with Crippen LogP contribution in [0.3, 0.4) is 0 Å². The molecule has 0 aliphatic carbocycles. The minimum absolute atomic E-state index is 0.198. The van der Waals surface area contributed by atoms with Crippen molar-refractivity contribution in [3.63, 3.8) is 0 Å². The van der Waals surface area contributed by atoms with Gasteiger partial charge in [0.2, 0.25) is 0 Å². The lowest BCUT2D eigenvalue weighted by Crippen LogP contribution is -2.44. The van der Waals surface area contributed by atoms with E-state index in [1.807, 2.05) is 13.8 Å². The minimum Gasteiger partial charge on any atom is -0.366 e. The Morgan fingerprint density at radius 2 is 1.91 bits per heavy atom. The number of fused-ring (bicyclic) bond motifs is 1. The summed E-state index contributed by atoms with van der Waals surface area (Å²) in [6, 6.07) is 9.34. The Labute approximate surface area is 207 Å². The van der Waals surface area contributed by atoms with E-state index in [2.05, 4.69) is 10.6 Å².